The molecule has 1 aliphatic rings. The van der Waals surface area contributed by atoms with Crippen LogP contribution in [0.5, 0.6) is 0 Å². The molecule has 0 aromatic heterocycles. The Kier molecular flexibility index (Phi) is 3.63. The van der Waals surface area contributed by atoms with Crippen molar-refractivity contribution in [1.29, 1.82) is 0 Å². The van der Waals surface area contributed by atoms with Gasteiger partial charge in [0.1, 0.15) is 5.60 Å². The maximum Gasteiger partial charge on any atom is 0.410 e. The van der Waals surface area contributed by atoms with E-state index in [0.29, 0.717) is 12.0 Å². The summed E-state index contributed by atoms with van der Waals surface area (Å²) in [5.41, 5.74) is -0.391. The first-order chi connectivity index (χ1) is 6.81. The molecule has 0 aromatic rings. The Morgan fingerprint density at radius 2 is 1.93 bits per heavy atom. The van der Waals surface area contributed by atoms with Crippen molar-refractivity contribution in [1.82, 2.24) is 4.90 Å². The zero-order valence-electron chi connectivity index (χ0n) is 10.5. The van der Waals surface area contributed by atoms with Gasteiger partial charge in [-0.3, -0.25) is 0 Å². The van der Waals surface area contributed by atoms with Gasteiger partial charge in [0.2, 0.25) is 0 Å². The molecule has 0 aromatic carbocycles. The summed E-state index contributed by atoms with van der Waals surface area (Å²) in [5.74, 6) is 0.575. The third-order valence-electron chi connectivity index (χ3n) is 3.00. The topological polar surface area (TPSA) is 29.5 Å². The lowest BCUT2D eigenvalue weighted by Crippen LogP contribution is -2.47. The van der Waals surface area contributed by atoms with Gasteiger partial charge in [-0.25, -0.2) is 4.79 Å². The number of amides is 1. The summed E-state index contributed by atoms with van der Waals surface area (Å²) in [5, 5.41) is 0. The zero-order chi connectivity index (χ0) is 11.6. The number of ether oxygens (including phenoxy) is 1. The van der Waals surface area contributed by atoms with Gasteiger partial charge in [0.05, 0.1) is 0 Å². The molecule has 0 spiro atoms. The molecule has 1 fully saturated rings. The van der Waals surface area contributed by atoms with E-state index in [1.54, 1.807) is 0 Å². The van der Waals surface area contributed by atoms with Crippen LogP contribution in [0.25, 0.3) is 0 Å². The highest BCUT2D eigenvalue weighted by Crippen LogP contribution is 2.24. The average Bonchev–Trinajstić information content (AvgIpc) is 2.06. The number of carbonyl (C=O) groups excluding carboxylic acids is 1. The van der Waals surface area contributed by atoms with Gasteiger partial charge in [-0.05, 0) is 46.5 Å². The van der Waals surface area contributed by atoms with Crippen molar-refractivity contribution in [2.24, 2.45) is 5.92 Å². The van der Waals surface area contributed by atoms with Gasteiger partial charge in [-0.15, -0.1) is 0 Å². The maximum absolute atomic E-state index is 11.9. The van der Waals surface area contributed by atoms with E-state index in [2.05, 4.69) is 13.8 Å². The first kappa shape index (κ1) is 12.3. The van der Waals surface area contributed by atoms with E-state index in [0.717, 1.165) is 13.0 Å². The third kappa shape index (κ3) is 3.40. The number of piperidine rings is 1. The van der Waals surface area contributed by atoms with Gasteiger partial charge in [0.25, 0.3) is 0 Å². The summed E-state index contributed by atoms with van der Waals surface area (Å²) in [7, 11) is 0. The lowest BCUT2D eigenvalue weighted by molar-refractivity contribution is 0.00465. The highest BCUT2D eigenvalue weighted by Gasteiger charge is 2.31. The Morgan fingerprint density at radius 1 is 1.33 bits per heavy atom. The van der Waals surface area contributed by atoms with E-state index >= 15 is 0 Å². The minimum absolute atomic E-state index is 0.165. The van der Waals surface area contributed by atoms with Gasteiger partial charge in [0.15, 0.2) is 0 Å². The fourth-order valence-electron chi connectivity index (χ4n) is 1.91. The summed E-state index contributed by atoms with van der Waals surface area (Å²) in [6.45, 7) is 10.9. The first-order valence-corrected chi connectivity index (χ1v) is 5.81. The summed E-state index contributed by atoms with van der Waals surface area (Å²) >= 11 is 0. The van der Waals surface area contributed by atoms with Crippen LogP contribution in [0.3, 0.4) is 0 Å². The molecule has 3 heteroatoms. The molecule has 0 aliphatic carbocycles. The molecule has 1 rings (SSSR count). The highest BCUT2D eigenvalue weighted by atomic mass is 16.6. The van der Waals surface area contributed by atoms with Crippen LogP contribution in [0.15, 0.2) is 0 Å². The fourth-order valence-corrected chi connectivity index (χ4v) is 1.91. The Morgan fingerprint density at radius 3 is 2.47 bits per heavy atom. The largest absolute Gasteiger partial charge is 0.444 e. The minimum Gasteiger partial charge on any atom is -0.444 e. The van der Waals surface area contributed by atoms with Crippen LogP contribution in [-0.4, -0.2) is 29.2 Å². The molecule has 0 bridgehead atoms. The quantitative estimate of drug-likeness (QED) is 0.619. The summed E-state index contributed by atoms with van der Waals surface area (Å²) in [6.07, 6.45) is 2.13. The molecule has 1 saturated heterocycles. The lowest BCUT2D eigenvalue weighted by Gasteiger charge is -2.38. The molecule has 88 valence electrons. The summed E-state index contributed by atoms with van der Waals surface area (Å²) in [6, 6.07) is 0.300. The molecule has 0 saturated carbocycles. The van der Waals surface area contributed by atoms with Gasteiger partial charge >= 0.3 is 6.09 Å². The summed E-state index contributed by atoms with van der Waals surface area (Å²) in [4.78, 5) is 13.7. The van der Waals surface area contributed by atoms with Gasteiger partial charge in [-0.2, -0.15) is 0 Å². The second-order valence-electron chi connectivity index (χ2n) is 5.53. The fraction of sp³-hybridized carbons (Fsp3) is 0.917. The molecule has 2 atom stereocenters. The monoisotopic (exact) mass is 213 g/mol. The minimum atomic E-state index is -0.391. The Balaban J connectivity index is 2.59. The SMILES string of the molecule is CC1CCCN(C(=O)OC(C)(C)C)C1C. The predicted octanol–water partition coefficient (Wildman–Crippen LogP) is 3.04. The highest BCUT2D eigenvalue weighted by molar-refractivity contribution is 5.68. The van der Waals surface area contributed by atoms with Gasteiger partial charge < -0.3 is 9.64 Å². The van der Waals surface area contributed by atoms with E-state index in [4.69, 9.17) is 4.74 Å². The zero-order valence-corrected chi connectivity index (χ0v) is 10.5. The predicted molar refractivity (Wildman–Crippen MR) is 60.8 cm³/mol. The van der Waals surface area contributed by atoms with E-state index < -0.39 is 5.60 Å². The van der Waals surface area contributed by atoms with Crippen LogP contribution < -0.4 is 0 Å². The molecule has 2 unspecified atom stereocenters. The van der Waals surface area contributed by atoms with Crippen molar-refractivity contribution in [3.63, 3.8) is 0 Å². The van der Waals surface area contributed by atoms with Crippen molar-refractivity contribution in [2.75, 3.05) is 6.54 Å². The molecule has 3 nitrogen and oxygen atoms in total. The molecular weight excluding hydrogens is 190 g/mol. The molecule has 0 N–H and O–H groups in total. The van der Waals surface area contributed by atoms with Crippen molar-refractivity contribution in [2.45, 2.75) is 59.1 Å². The van der Waals surface area contributed by atoms with Crippen molar-refractivity contribution < 1.29 is 9.53 Å². The van der Waals surface area contributed by atoms with Crippen LogP contribution in [0.4, 0.5) is 4.79 Å². The number of hydrogen-bond acceptors (Lipinski definition) is 2. The molecule has 1 heterocycles. The van der Waals surface area contributed by atoms with Crippen LogP contribution in [-0.2, 0) is 4.74 Å². The molecule has 0 radical (unpaired) electrons. The van der Waals surface area contributed by atoms with E-state index in [-0.39, 0.29) is 6.09 Å². The average molecular weight is 213 g/mol. The first-order valence-electron chi connectivity index (χ1n) is 5.81. The van der Waals surface area contributed by atoms with Crippen molar-refractivity contribution in [3.05, 3.63) is 0 Å². The maximum atomic E-state index is 11.9. The van der Waals surface area contributed by atoms with Crippen LogP contribution in [0.2, 0.25) is 0 Å². The van der Waals surface area contributed by atoms with E-state index in [1.807, 2.05) is 25.7 Å². The van der Waals surface area contributed by atoms with Crippen LogP contribution >= 0.6 is 0 Å². The molecular formula is C12H23NO2. The van der Waals surface area contributed by atoms with Crippen molar-refractivity contribution >= 4 is 6.09 Å². The lowest BCUT2D eigenvalue weighted by atomic mass is 9.92. The number of nitrogens with zero attached hydrogens (tertiary/aromatic N) is 1. The smallest absolute Gasteiger partial charge is 0.410 e. The normalized spacial score (nSPS) is 27.7. The molecule has 1 amide bonds. The number of carbonyl (C=O) groups is 1. The molecule has 15 heavy (non-hydrogen) atoms. The van der Waals surface area contributed by atoms with E-state index in [9.17, 15) is 4.79 Å². The third-order valence-corrected chi connectivity index (χ3v) is 3.00. The second-order valence-corrected chi connectivity index (χ2v) is 5.53. The Labute approximate surface area is 92.8 Å². The number of hydrogen-bond donors (Lipinski definition) is 0. The van der Waals surface area contributed by atoms with Gasteiger partial charge in [-0.1, -0.05) is 6.92 Å². The molecule has 1 aliphatic heterocycles. The van der Waals surface area contributed by atoms with Crippen LogP contribution in [0.1, 0.15) is 47.5 Å². The van der Waals surface area contributed by atoms with Crippen LogP contribution in [0, 0.1) is 5.92 Å². The van der Waals surface area contributed by atoms with E-state index in [1.165, 1.54) is 6.42 Å². The number of likely N-dealkylation sites (tertiary alicyclic amines) is 1. The Hall–Kier alpha value is -0.730. The summed E-state index contributed by atoms with van der Waals surface area (Å²) < 4.78 is 5.38. The van der Waals surface area contributed by atoms with Crippen molar-refractivity contribution in [3.8, 4) is 0 Å². The standard InChI is InChI=1S/C12H23NO2/c1-9-7-6-8-13(10(9)2)11(14)15-12(3,4)5/h9-10H,6-8H2,1-5H3. The van der Waals surface area contributed by atoms with Gasteiger partial charge in [0, 0.05) is 12.6 Å². The number of rotatable bonds is 0. The Bertz CT molecular complexity index is 232. The second kappa shape index (κ2) is 4.42.